The van der Waals surface area contributed by atoms with E-state index >= 15 is 0 Å². The summed E-state index contributed by atoms with van der Waals surface area (Å²) in [7, 11) is 0. The number of carboxylic acid groups (broad SMARTS) is 1. The monoisotopic (exact) mass is 356 g/mol. The average Bonchev–Trinajstić information content (AvgIpc) is 2.85. The van der Waals surface area contributed by atoms with Crippen molar-refractivity contribution in [1.82, 2.24) is 10.3 Å². The zero-order valence-corrected chi connectivity index (χ0v) is 15.5. The molecule has 6 nitrogen and oxygen atoms in total. The van der Waals surface area contributed by atoms with Gasteiger partial charge < -0.3 is 15.4 Å². The first kappa shape index (κ1) is 19.4. The van der Waals surface area contributed by atoms with Gasteiger partial charge in [-0.1, -0.05) is 29.8 Å². The smallest absolute Gasteiger partial charge is 0.308 e. The summed E-state index contributed by atoms with van der Waals surface area (Å²) in [6.07, 6.45) is 0.332. The molecule has 138 valence electrons. The topological polar surface area (TPSA) is 99.3 Å². The molecule has 0 radical (unpaired) electrons. The third-order valence-electron chi connectivity index (χ3n) is 4.44. The molecule has 1 aromatic carbocycles. The van der Waals surface area contributed by atoms with Crippen LogP contribution in [0.5, 0.6) is 0 Å². The van der Waals surface area contributed by atoms with Gasteiger partial charge in [0.05, 0.1) is 5.92 Å². The SMILES string of the molecule is CC(=O)c1c(C)[nH]c(C(=O)NCC(Cc2cccc(C)c2)C(=O)O)c1C. The maximum atomic E-state index is 12.4. The fourth-order valence-corrected chi connectivity index (χ4v) is 3.18. The van der Waals surface area contributed by atoms with Crippen LogP contribution in [0.2, 0.25) is 0 Å². The number of ketones is 1. The Labute approximate surface area is 152 Å². The molecular formula is C20H24N2O4. The van der Waals surface area contributed by atoms with Crippen LogP contribution in [0.15, 0.2) is 24.3 Å². The van der Waals surface area contributed by atoms with Crippen LogP contribution < -0.4 is 5.32 Å². The minimum Gasteiger partial charge on any atom is -0.481 e. The van der Waals surface area contributed by atoms with Gasteiger partial charge in [0.1, 0.15) is 5.69 Å². The molecule has 1 aromatic heterocycles. The van der Waals surface area contributed by atoms with E-state index in [0.717, 1.165) is 11.1 Å². The maximum Gasteiger partial charge on any atom is 0.308 e. The lowest BCUT2D eigenvalue weighted by atomic mass is 9.98. The molecule has 0 aliphatic rings. The number of nitrogens with one attached hydrogen (secondary N) is 2. The molecule has 0 fully saturated rings. The van der Waals surface area contributed by atoms with E-state index in [1.807, 2.05) is 31.2 Å². The summed E-state index contributed by atoms with van der Waals surface area (Å²) < 4.78 is 0. The van der Waals surface area contributed by atoms with Gasteiger partial charge >= 0.3 is 5.97 Å². The fourth-order valence-electron chi connectivity index (χ4n) is 3.18. The van der Waals surface area contributed by atoms with E-state index < -0.39 is 17.8 Å². The van der Waals surface area contributed by atoms with Gasteiger partial charge in [0.25, 0.3) is 5.91 Å². The molecule has 2 rings (SSSR count). The highest BCUT2D eigenvalue weighted by Gasteiger charge is 2.23. The molecule has 1 heterocycles. The second kappa shape index (κ2) is 7.99. The molecular weight excluding hydrogens is 332 g/mol. The van der Waals surface area contributed by atoms with Gasteiger partial charge in [-0.15, -0.1) is 0 Å². The Hall–Kier alpha value is -2.89. The predicted molar refractivity (Wildman–Crippen MR) is 98.6 cm³/mol. The Kier molecular flexibility index (Phi) is 5.97. The van der Waals surface area contributed by atoms with Crippen molar-refractivity contribution in [3.8, 4) is 0 Å². The summed E-state index contributed by atoms with van der Waals surface area (Å²) in [5, 5.41) is 12.1. The molecule has 0 spiro atoms. The van der Waals surface area contributed by atoms with Crippen LogP contribution in [0.3, 0.4) is 0 Å². The largest absolute Gasteiger partial charge is 0.481 e. The van der Waals surface area contributed by atoms with E-state index in [0.29, 0.717) is 28.9 Å². The number of aliphatic carboxylic acids is 1. The number of carboxylic acids is 1. The average molecular weight is 356 g/mol. The Bertz CT molecular complexity index is 851. The van der Waals surface area contributed by atoms with E-state index in [9.17, 15) is 19.5 Å². The summed E-state index contributed by atoms with van der Waals surface area (Å²) in [6.45, 7) is 6.85. The van der Waals surface area contributed by atoms with Crippen molar-refractivity contribution in [2.75, 3.05) is 6.54 Å². The molecule has 0 saturated heterocycles. The number of carbonyl (C=O) groups excluding carboxylic acids is 2. The molecule has 26 heavy (non-hydrogen) atoms. The van der Waals surface area contributed by atoms with Crippen LogP contribution in [0.25, 0.3) is 0 Å². The molecule has 6 heteroatoms. The quantitative estimate of drug-likeness (QED) is 0.664. The van der Waals surface area contributed by atoms with Crippen LogP contribution in [0.1, 0.15) is 50.2 Å². The third kappa shape index (κ3) is 4.39. The molecule has 0 aliphatic heterocycles. The van der Waals surface area contributed by atoms with E-state index in [-0.39, 0.29) is 12.3 Å². The fraction of sp³-hybridized carbons (Fsp3) is 0.350. The molecule has 0 saturated carbocycles. The molecule has 1 atom stereocenters. The molecule has 2 aromatic rings. The number of hydrogen-bond acceptors (Lipinski definition) is 3. The number of amides is 1. The Morgan fingerprint density at radius 1 is 1.19 bits per heavy atom. The number of aryl methyl sites for hydroxylation is 2. The number of Topliss-reactive ketones (excluding diaryl/α,β-unsaturated/α-hetero) is 1. The summed E-state index contributed by atoms with van der Waals surface area (Å²) in [6, 6.07) is 7.65. The number of hydrogen-bond donors (Lipinski definition) is 3. The van der Waals surface area contributed by atoms with Gasteiger partial charge in [0, 0.05) is 17.8 Å². The molecule has 0 bridgehead atoms. The minimum atomic E-state index is -0.962. The Balaban J connectivity index is 2.09. The second-order valence-corrected chi connectivity index (χ2v) is 6.62. The number of aromatic nitrogens is 1. The van der Waals surface area contributed by atoms with E-state index in [1.165, 1.54) is 6.92 Å². The summed E-state index contributed by atoms with van der Waals surface area (Å²) in [4.78, 5) is 38.6. The lowest BCUT2D eigenvalue weighted by Crippen LogP contribution is -2.34. The van der Waals surface area contributed by atoms with Crippen LogP contribution in [0, 0.1) is 26.7 Å². The van der Waals surface area contributed by atoms with Gasteiger partial charge in [-0.05, 0) is 45.2 Å². The zero-order valence-electron chi connectivity index (χ0n) is 15.5. The third-order valence-corrected chi connectivity index (χ3v) is 4.44. The van der Waals surface area contributed by atoms with Gasteiger partial charge in [-0.3, -0.25) is 14.4 Å². The van der Waals surface area contributed by atoms with E-state index in [2.05, 4.69) is 10.3 Å². The molecule has 0 aliphatic carbocycles. The Morgan fingerprint density at radius 3 is 2.42 bits per heavy atom. The minimum absolute atomic E-state index is 0.00895. The first-order chi connectivity index (χ1) is 12.2. The van der Waals surface area contributed by atoms with Crippen molar-refractivity contribution in [2.24, 2.45) is 5.92 Å². The van der Waals surface area contributed by atoms with Crippen LogP contribution in [-0.4, -0.2) is 34.3 Å². The van der Waals surface area contributed by atoms with E-state index in [1.54, 1.807) is 13.8 Å². The van der Waals surface area contributed by atoms with Crippen LogP contribution in [0.4, 0.5) is 0 Å². The number of aromatic amines is 1. The van der Waals surface area contributed by atoms with Crippen LogP contribution in [-0.2, 0) is 11.2 Å². The zero-order chi connectivity index (χ0) is 19.4. The van der Waals surface area contributed by atoms with Gasteiger partial charge in [-0.2, -0.15) is 0 Å². The number of carbonyl (C=O) groups is 3. The molecule has 1 unspecified atom stereocenters. The van der Waals surface area contributed by atoms with Gasteiger partial charge in [0.2, 0.25) is 0 Å². The maximum absolute atomic E-state index is 12.4. The normalized spacial score (nSPS) is 11.8. The first-order valence-electron chi connectivity index (χ1n) is 8.47. The highest BCUT2D eigenvalue weighted by molar-refractivity contribution is 6.02. The Morgan fingerprint density at radius 2 is 1.88 bits per heavy atom. The van der Waals surface area contributed by atoms with Crippen molar-refractivity contribution >= 4 is 17.7 Å². The highest BCUT2D eigenvalue weighted by Crippen LogP contribution is 2.18. The summed E-state index contributed by atoms with van der Waals surface area (Å²) in [5.74, 6) is -2.22. The van der Waals surface area contributed by atoms with Crippen molar-refractivity contribution in [2.45, 2.75) is 34.1 Å². The van der Waals surface area contributed by atoms with Crippen molar-refractivity contribution in [3.63, 3.8) is 0 Å². The number of rotatable bonds is 7. The summed E-state index contributed by atoms with van der Waals surface area (Å²) >= 11 is 0. The van der Waals surface area contributed by atoms with Crippen molar-refractivity contribution < 1.29 is 19.5 Å². The van der Waals surface area contributed by atoms with Crippen molar-refractivity contribution in [1.29, 1.82) is 0 Å². The second-order valence-electron chi connectivity index (χ2n) is 6.62. The first-order valence-corrected chi connectivity index (χ1v) is 8.47. The van der Waals surface area contributed by atoms with Gasteiger partial charge in [-0.25, -0.2) is 0 Å². The lowest BCUT2D eigenvalue weighted by Gasteiger charge is -2.14. The van der Waals surface area contributed by atoms with Gasteiger partial charge in [0.15, 0.2) is 5.78 Å². The van der Waals surface area contributed by atoms with E-state index in [4.69, 9.17) is 0 Å². The lowest BCUT2D eigenvalue weighted by molar-refractivity contribution is -0.141. The standard InChI is InChI=1S/C20H24N2O4/c1-11-6-5-7-15(8-11)9-16(20(25)26)10-21-19(24)18-12(2)17(14(4)23)13(3)22-18/h5-8,16,22H,9-10H2,1-4H3,(H,21,24)(H,25,26). The molecule has 1 amide bonds. The number of benzene rings is 1. The number of H-pyrrole nitrogens is 1. The summed E-state index contributed by atoms with van der Waals surface area (Å²) in [5.41, 5.74) is 3.99. The van der Waals surface area contributed by atoms with Crippen LogP contribution >= 0.6 is 0 Å². The van der Waals surface area contributed by atoms with Crippen molar-refractivity contribution in [3.05, 3.63) is 57.9 Å². The highest BCUT2D eigenvalue weighted by atomic mass is 16.4. The predicted octanol–water partition coefficient (Wildman–Crippen LogP) is 2.82. The molecule has 3 N–H and O–H groups in total.